The molecule has 4 atom stereocenters. The minimum Gasteiger partial charge on any atom is -0.337 e. The fraction of sp³-hybridized carbons (Fsp3) is 0.135. The summed E-state index contributed by atoms with van der Waals surface area (Å²) in [5.41, 5.74) is 38.0. The molecular formula is C104H86N4. The van der Waals surface area contributed by atoms with Gasteiger partial charge in [0.1, 0.15) is 0 Å². The SMILES string of the molecule is Cc1ccc(N2c3ccc(-c4ccc(N(c5ccccc5)c5ccc(-c6ccc(-c7ccc(N(c8ccccc8)c8ccc(-c9ccc%10c(c9)C9CCCC9N%10c9ccc(C)c(-c%10ccccc%10Cc%10ccccc%10)c9)cc8)cc7)cc6)cc5)cc4)cc3C3CCCC32)cc1-c1ccccc1Cc1ccccc1. The second-order valence-electron chi connectivity index (χ2n) is 30.2. The molecule has 4 unspecified atom stereocenters. The van der Waals surface area contributed by atoms with Gasteiger partial charge in [0.25, 0.3) is 0 Å². The summed E-state index contributed by atoms with van der Waals surface area (Å²) in [4.78, 5) is 10.1. The van der Waals surface area contributed by atoms with Crippen molar-refractivity contribution in [2.75, 3.05) is 19.6 Å². The highest BCUT2D eigenvalue weighted by atomic mass is 15.2. The summed E-state index contributed by atoms with van der Waals surface area (Å²) in [7, 11) is 0. The highest BCUT2D eigenvalue weighted by Gasteiger charge is 2.44. The molecule has 15 aromatic carbocycles. The third-order valence-corrected chi connectivity index (χ3v) is 23.8. The van der Waals surface area contributed by atoms with E-state index in [1.807, 2.05) is 0 Å². The van der Waals surface area contributed by atoms with Gasteiger partial charge in [-0.15, -0.1) is 0 Å². The lowest BCUT2D eigenvalue weighted by atomic mass is 9.92. The first kappa shape index (κ1) is 66.2. The lowest BCUT2D eigenvalue weighted by Crippen LogP contribution is -2.26. The summed E-state index contributed by atoms with van der Waals surface area (Å²) in [5.74, 6) is 1.02. The van der Waals surface area contributed by atoms with E-state index < -0.39 is 0 Å². The molecule has 2 aliphatic carbocycles. The van der Waals surface area contributed by atoms with Gasteiger partial charge in [-0.3, -0.25) is 0 Å². The van der Waals surface area contributed by atoms with Crippen molar-refractivity contribution in [1.29, 1.82) is 0 Å². The van der Waals surface area contributed by atoms with Crippen molar-refractivity contribution >= 4 is 56.9 Å². The van der Waals surface area contributed by atoms with Crippen molar-refractivity contribution < 1.29 is 0 Å². The van der Waals surface area contributed by atoms with E-state index in [0.717, 1.165) is 47.0 Å². The Kier molecular flexibility index (Phi) is 17.6. The summed E-state index contributed by atoms with van der Waals surface area (Å²) in [6, 6.07) is 137. The maximum atomic E-state index is 2.68. The molecule has 0 spiro atoms. The predicted molar refractivity (Wildman–Crippen MR) is 454 cm³/mol. The van der Waals surface area contributed by atoms with Gasteiger partial charge < -0.3 is 19.6 Å². The van der Waals surface area contributed by atoms with Gasteiger partial charge >= 0.3 is 0 Å². The van der Waals surface area contributed by atoms with Crippen LogP contribution in [0.25, 0.3) is 66.8 Å². The summed E-state index contributed by atoms with van der Waals surface area (Å²) >= 11 is 0. The van der Waals surface area contributed by atoms with E-state index in [-0.39, 0.29) is 0 Å². The highest BCUT2D eigenvalue weighted by molar-refractivity contribution is 5.87. The van der Waals surface area contributed by atoms with Crippen LogP contribution in [-0.4, -0.2) is 12.1 Å². The molecule has 522 valence electrons. The molecule has 0 radical (unpaired) electrons. The standard InChI is InChI=1S/C104H86N4/c1-71-37-53-91(69-97(71)93-31-17-15-25-83(93)65-73-21-7-3-8-22-73)107-101-35-19-33-95(101)99-67-81(51-63-103(99)107)79-47-59-89(60-48-79)105(85-27-11-5-12-28-85)87-55-43-77(44-56-87)75-39-41-76(42-40-75)78-45-57-88(58-46-78)106(86-29-13-6-14-30-86)90-61-49-80(50-62-90)82-52-64-104-100(68-82)96-34-20-36-102(96)108(104)92-54-38-72(2)98(70-92)94-32-18-16-26-84(94)66-74-23-9-4-10-24-74/h3-18,21-32,37-64,67-70,95-96,101-102H,19-20,33-36,65-66H2,1-2H3. The van der Waals surface area contributed by atoms with Crippen molar-refractivity contribution in [2.24, 2.45) is 0 Å². The molecule has 0 amide bonds. The normalized spacial score (nSPS) is 16.1. The molecule has 19 rings (SSSR count). The molecule has 2 saturated carbocycles. The van der Waals surface area contributed by atoms with E-state index in [4.69, 9.17) is 0 Å². The second-order valence-corrected chi connectivity index (χ2v) is 30.2. The van der Waals surface area contributed by atoms with E-state index in [1.54, 1.807) is 0 Å². The van der Waals surface area contributed by atoms with E-state index in [9.17, 15) is 0 Å². The number of anilines is 10. The van der Waals surface area contributed by atoms with Crippen LogP contribution in [0.1, 0.15) is 94.9 Å². The number of fused-ring (bicyclic) bond motifs is 6. The van der Waals surface area contributed by atoms with Crippen molar-refractivity contribution in [3.63, 3.8) is 0 Å². The summed E-state index contributed by atoms with van der Waals surface area (Å²) < 4.78 is 0. The number of benzene rings is 15. The smallest absolute Gasteiger partial charge is 0.0462 e. The average Bonchev–Trinajstić information content (AvgIpc) is 1.58. The molecule has 4 heteroatoms. The minimum atomic E-state index is 0.455. The maximum absolute atomic E-state index is 2.68. The first-order valence-electron chi connectivity index (χ1n) is 38.9. The van der Waals surface area contributed by atoms with Crippen molar-refractivity contribution in [3.05, 3.63) is 408 Å². The monoisotopic (exact) mass is 1390 g/mol. The molecule has 0 bridgehead atoms. The Morgan fingerprint density at radius 2 is 0.556 bits per heavy atom. The summed E-state index contributed by atoms with van der Waals surface area (Å²) in [6.45, 7) is 4.53. The number of hydrogen-bond donors (Lipinski definition) is 0. The Hall–Kier alpha value is -12.5. The van der Waals surface area contributed by atoms with Crippen LogP contribution in [0.3, 0.4) is 0 Å². The number of hydrogen-bond acceptors (Lipinski definition) is 4. The van der Waals surface area contributed by atoms with Gasteiger partial charge in [0.15, 0.2) is 0 Å². The van der Waals surface area contributed by atoms with E-state index in [1.165, 1.54) is 173 Å². The van der Waals surface area contributed by atoms with Crippen molar-refractivity contribution in [2.45, 2.75) is 89.1 Å². The van der Waals surface area contributed by atoms with Crippen LogP contribution in [0.4, 0.5) is 56.9 Å². The average molecular weight is 1390 g/mol. The molecule has 2 aliphatic heterocycles. The van der Waals surface area contributed by atoms with E-state index in [2.05, 4.69) is 397 Å². The molecule has 4 aliphatic rings. The minimum absolute atomic E-state index is 0.455. The molecular weight excluding hydrogens is 1310 g/mol. The molecule has 0 aromatic heterocycles. The molecule has 4 nitrogen and oxygen atoms in total. The maximum Gasteiger partial charge on any atom is 0.0462 e. The largest absolute Gasteiger partial charge is 0.337 e. The predicted octanol–water partition coefficient (Wildman–Crippen LogP) is 28.0. The third kappa shape index (κ3) is 12.6. The fourth-order valence-electron chi connectivity index (χ4n) is 18.5. The molecule has 108 heavy (non-hydrogen) atoms. The first-order chi connectivity index (χ1) is 53.3. The third-order valence-electron chi connectivity index (χ3n) is 23.8. The van der Waals surface area contributed by atoms with Crippen LogP contribution in [0.15, 0.2) is 364 Å². The van der Waals surface area contributed by atoms with Crippen LogP contribution in [-0.2, 0) is 12.8 Å². The Labute approximate surface area is 636 Å². The zero-order chi connectivity index (χ0) is 72.0. The van der Waals surface area contributed by atoms with Gasteiger partial charge in [-0.25, -0.2) is 0 Å². The second kappa shape index (κ2) is 28.8. The van der Waals surface area contributed by atoms with Crippen LogP contribution >= 0.6 is 0 Å². The van der Waals surface area contributed by atoms with Gasteiger partial charge in [0, 0.05) is 80.8 Å². The van der Waals surface area contributed by atoms with Crippen LogP contribution in [0.5, 0.6) is 0 Å². The van der Waals surface area contributed by atoms with Gasteiger partial charge in [-0.05, 0) is 285 Å². The van der Waals surface area contributed by atoms with Crippen LogP contribution in [0, 0.1) is 13.8 Å². The van der Waals surface area contributed by atoms with E-state index >= 15 is 0 Å². The summed E-state index contributed by atoms with van der Waals surface area (Å²) in [6.07, 6.45) is 9.16. The molecule has 0 N–H and O–H groups in total. The van der Waals surface area contributed by atoms with Crippen LogP contribution in [0.2, 0.25) is 0 Å². The Bertz CT molecular complexity index is 5360. The van der Waals surface area contributed by atoms with Crippen molar-refractivity contribution in [1.82, 2.24) is 0 Å². The number of aryl methyl sites for hydroxylation is 2. The van der Waals surface area contributed by atoms with Gasteiger partial charge in [0.05, 0.1) is 0 Å². The summed E-state index contributed by atoms with van der Waals surface area (Å²) in [5, 5.41) is 0. The highest BCUT2D eigenvalue weighted by Crippen LogP contribution is 2.56. The van der Waals surface area contributed by atoms with Gasteiger partial charge in [0.2, 0.25) is 0 Å². The molecule has 2 heterocycles. The van der Waals surface area contributed by atoms with Gasteiger partial charge in [-0.1, -0.05) is 255 Å². The zero-order valence-corrected chi connectivity index (χ0v) is 61.4. The number of nitrogens with zero attached hydrogens (tertiary/aromatic N) is 4. The van der Waals surface area contributed by atoms with Gasteiger partial charge in [-0.2, -0.15) is 0 Å². The van der Waals surface area contributed by atoms with Crippen molar-refractivity contribution in [3.8, 4) is 66.8 Å². The lowest BCUT2D eigenvalue weighted by molar-refractivity contribution is 0.642. The number of para-hydroxylation sites is 2. The van der Waals surface area contributed by atoms with Crippen LogP contribution < -0.4 is 19.6 Å². The number of rotatable bonds is 18. The fourth-order valence-corrected chi connectivity index (χ4v) is 18.5. The quantitative estimate of drug-likeness (QED) is 0.0849. The molecule has 15 aromatic rings. The van der Waals surface area contributed by atoms with E-state index in [0.29, 0.717) is 23.9 Å². The zero-order valence-electron chi connectivity index (χ0n) is 61.4. The lowest BCUT2D eigenvalue weighted by Gasteiger charge is -2.28. The topological polar surface area (TPSA) is 13.0 Å². The Balaban J connectivity index is 0.540. The Morgan fingerprint density at radius 3 is 0.917 bits per heavy atom. The molecule has 2 fully saturated rings. The molecule has 0 saturated heterocycles. The Morgan fingerprint density at radius 1 is 0.259 bits per heavy atom. The first-order valence-corrected chi connectivity index (χ1v) is 38.9.